The van der Waals surface area contributed by atoms with Gasteiger partial charge in [0.1, 0.15) is 0 Å². The summed E-state index contributed by atoms with van der Waals surface area (Å²) in [6.07, 6.45) is -0.779. The van der Waals surface area contributed by atoms with Crippen molar-refractivity contribution in [2.45, 2.75) is 18.9 Å². The number of aromatic nitrogens is 3. The molecular formula is C23H18Cl2F2N6O3. The van der Waals surface area contributed by atoms with Crippen molar-refractivity contribution in [2.75, 3.05) is 23.7 Å². The highest BCUT2D eigenvalue weighted by atomic mass is 35.5. The molecule has 1 saturated heterocycles. The van der Waals surface area contributed by atoms with Crippen molar-refractivity contribution in [3.05, 3.63) is 68.2 Å². The standard InChI is InChI=1S/C23H18Cl2F2N6O3/c24-14-7-10(12-3-4-16(34)31-18(12)20(26)27)1-2-13(14)23(35)30-11-5-6-33(9-11)22-19-17(15(25)8-29-22)21(28)32-36-19/h1-4,7-8,11,20H,5-6,9H2,(H2,28,32)(H,30,35)(H,31,34)/t11-/m1/s1. The second-order valence-corrected chi connectivity index (χ2v) is 9.07. The number of anilines is 2. The van der Waals surface area contributed by atoms with Crippen LogP contribution in [0.2, 0.25) is 10.0 Å². The maximum absolute atomic E-state index is 13.4. The molecule has 1 atom stereocenters. The number of pyridine rings is 2. The van der Waals surface area contributed by atoms with Crippen molar-refractivity contribution in [1.29, 1.82) is 0 Å². The monoisotopic (exact) mass is 534 g/mol. The molecule has 36 heavy (non-hydrogen) atoms. The molecular weight excluding hydrogens is 517 g/mol. The molecule has 0 aliphatic carbocycles. The van der Waals surface area contributed by atoms with Crippen molar-refractivity contribution < 1.29 is 18.1 Å². The van der Waals surface area contributed by atoms with E-state index in [1.165, 1.54) is 30.5 Å². The molecule has 4 heterocycles. The number of fused-ring (bicyclic) bond motifs is 1. The number of halogens is 4. The zero-order chi connectivity index (χ0) is 25.6. The van der Waals surface area contributed by atoms with Gasteiger partial charge < -0.3 is 25.5 Å². The Morgan fingerprint density at radius 1 is 1.25 bits per heavy atom. The number of nitrogens with two attached hydrogens (primary N) is 1. The number of aromatic amines is 1. The zero-order valence-electron chi connectivity index (χ0n) is 18.4. The Balaban J connectivity index is 1.32. The van der Waals surface area contributed by atoms with Crippen molar-refractivity contribution in [2.24, 2.45) is 0 Å². The van der Waals surface area contributed by atoms with Gasteiger partial charge in [0.15, 0.2) is 11.6 Å². The fourth-order valence-electron chi connectivity index (χ4n) is 4.27. The lowest BCUT2D eigenvalue weighted by atomic mass is 10.0. The van der Waals surface area contributed by atoms with Crippen LogP contribution in [0.4, 0.5) is 20.4 Å². The second-order valence-electron chi connectivity index (χ2n) is 8.25. The van der Waals surface area contributed by atoms with E-state index in [1.54, 1.807) is 0 Å². The van der Waals surface area contributed by atoms with Gasteiger partial charge in [-0.15, -0.1) is 0 Å². The Morgan fingerprint density at radius 2 is 2.06 bits per heavy atom. The van der Waals surface area contributed by atoms with Gasteiger partial charge in [0.25, 0.3) is 12.3 Å². The van der Waals surface area contributed by atoms with Crippen LogP contribution in [0, 0.1) is 0 Å². The lowest BCUT2D eigenvalue weighted by Gasteiger charge is -2.18. The summed E-state index contributed by atoms with van der Waals surface area (Å²) >= 11 is 12.5. The van der Waals surface area contributed by atoms with Crippen LogP contribution in [0.5, 0.6) is 0 Å². The van der Waals surface area contributed by atoms with E-state index in [2.05, 4.69) is 20.4 Å². The van der Waals surface area contributed by atoms with Gasteiger partial charge in [0, 0.05) is 37.0 Å². The average molecular weight is 535 g/mol. The molecule has 13 heteroatoms. The molecule has 9 nitrogen and oxygen atoms in total. The predicted octanol–water partition coefficient (Wildman–Crippen LogP) is 4.41. The normalized spacial score (nSPS) is 15.7. The summed E-state index contributed by atoms with van der Waals surface area (Å²) in [5.41, 5.74) is 5.72. The molecule has 1 aliphatic heterocycles. The molecule has 0 spiro atoms. The first kappa shape index (κ1) is 24.0. The first-order valence-electron chi connectivity index (χ1n) is 10.8. The number of rotatable bonds is 5. The molecule has 4 N–H and O–H groups in total. The highest BCUT2D eigenvalue weighted by Crippen LogP contribution is 2.35. The van der Waals surface area contributed by atoms with Crippen LogP contribution in [0.1, 0.15) is 28.9 Å². The van der Waals surface area contributed by atoms with E-state index in [0.717, 1.165) is 6.07 Å². The molecule has 1 fully saturated rings. The number of alkyl halides is 2. The number of hydrogen-bond acceptors (Lipinski definition) is 7. The topological polar surface area (TPSA) is 130 Å². The van der Waals surface area contributed by atoms with Crippen LogP contribution in [0.3, 0.4) is 0 Å². The van der Waals surface area contributed by atoms with Gasteiger partial charge in [-0.25, -0.2) is 13.8 Å². The summed E-state index contributed by atoms with van der Waals surface area (Å²) in [7, 11) is 0. The lowest BCUT2D eigenvalue weighted by molar-refractivity contribution is 0.0940. The smallest absolute Gasteiger partial charge is 0.278 e. The first-order chi connectivity index (χ1) is 17.2. The number of benzene rings is 1. The SMILES string of the molecule is Nc1noc2c(N3CC[C@@H](NC(=O)c4ccc(-c5ccc(=O)[nH]c5C(F)F)cc4Cl)C3)ncc(Cl)c12. The van der Waals surface area contributed by atoms with Crippen molar-refractivity contribution in [3.8, 4) is 11.1 Å². The predicted molar refractivity (Wildman–Crippen MR) is 132 cm³/mol. The molecule has 1 aromatic carbocycles. The number of carbonyl (C=O) groups is 1. The molecule has 0 radical (unpaired) electrons. The molecule has 4 aromatic rings. The summed E-state index contributed by atoms with van der Waals surface area (Å²) < 4.78 is 32.1. The number of carbonyl (C=O) groups excluding carboxylic acids is 1. The molecule has 0 unspecified atom stereocenters. The lowest BCUT2D eigenvalue weighted by Crippen LogP contribution is -2.37. The van der Waals surface area contributed by atoms with E-state index >= 15 is 0 Å². The molecule has 186 valence electrons. The van der Waals surface area contributed by atoms with Gasteiger partial charge in [-0.2, -0.15) is 0 Å². The summed E-state index contributed by atoms with van der Waals surface area (Å²) in [6, 6.07) is 6.61. The third-order valence-electron chi connectivity index (χ3n) is 5.98. The molecule has 3 aromatic heterocycles. The fraction of sp³-hybridized carbons (Fsp3) is 0.217. The summed E-state index contributed by atoms with van der Waals surface area (Å²) in [5.74, 6) is 0.281. The van der Waals surface area contributed by atoms with Gasteiger partial charge >= 0.3 is 0 Å². The Bertz CT molecular complexity index is 1540. The van der Waals surface area contributed by atoms with E-state index in [9.17, 15) is 18.4 Å². The van der Waals surface area contributed by atoms with Gasteiger partial charge in [-0.05, 0) is 30.2 Å². The van der Waals surface area contributed by atoms with Gasteiger partial charge in [-0.3, -0.25) is 9.59 Å². The van der Waals surface area contributed by atoms with Crippen LogP contribution in [0.25, 0.3) is 22.1 Å². The highest BCUT2D eigenvalue weighted by Gasteiger charge is 2.29. The molecule has 1 aliphatic rings. The third-order valence-corrected chi connectivity index (χ3v) is 6.58. The minimum Gasteiger partial charge on any atom is -0.380 e. The van der Waals surface area contributed by atoms with Crippen LogP contribution in [-0.2, 0) is 0 Å². The quantitative estimate of drug-likeness (QED) is 0.345. The number of H-pyrrole nitrogens is 1. The Hall–Kier alpha value is -3.70. The summed E-state index contributed by atoms with van der Waals surface area (Å²) in [4.78, 5) is 32.8. The minimum absolute atomic E-state index is 0.0875. The van der Waals surface area contributed by atoms with E-state index in [1.807, 2.05) is 4.90 Å². The number of nitrogens with one attached hydrogen (secondary N) is 2. The van der Waals surface area contributed by atoms with Crippen molar-refractivity contribution in [3.63, 3.8) is 0 Å². The van der Waals surface area contributed by atoms with E-state index in [-0.39, 0.29) is 28.0 Å². The van der Waals surface area contributed by atoms with Crippen molar-refractivity contribution in [1.82, 2.24) is 20.4 Å². The van der Waals surface area contributed by atoms with Gasteiger partial charge in [0.05, 0.1) is 26.7 Å². The maximum Gasteiger partial charge on any atom is 0.278 e. The molecule has 0 bridgehead atoms. The molecule has 5 rings (SSSR count). The Morgan fingerprint density at radius 3 is 2.81 bits per heavy atom. The molecule has 1 amide bonds. The molecule has 0 saturated carbocycles. The fourth-order valence-corrected chi connectivity index (χ4v) is 4.76. The number of amides is 1. The maximum atomic E-state index is 13.4. The van der Waals surface area contributed by atoms with E-state index in [0.29, 0.717) is 46.9 Å². The summed E-state index contributed by atoms with van der Waals surface area (Å²) in [6.45, 7) is 1.03. The van der Waals surface area contributed by atoms with Crippen LogP contribution in [0.15, 0.2) is 45.8 Å². The number of hydrogen-bond donors (Lipinski definition) is 3. The Kier molecular flexibility index (Phi) is 6.27. The van der Waals surface area contributed by atoms with Crippen LogP contribution >= 0.6 is 23.2 Å². The van der Waals surface area contributed by atoms with Gasteiger partial charge in [0.2, 0.25) is 11.1 Å². The van der Waals surface area contributed by atoms with E-state index < -0.39 is 23.6 Å². The summed E-state index contributed by atoms with van der Waals surface area (Å²) in [5, 5.41) is 7.60. The minimum atomic E-state index is -2.88. The largest absolute Gasteiger partial charge is 0.380 e. The third kappa shape index (κ3) is 4.35. The van der Waals surface area contributed by atoms with Gasteiger partial charge in [-0.1, -0.05) is 34.4 Å². The first-order valence-corrected chi connectivity index (χ1v) is 11.5. The highest BCUT2D eigenvalue weighted by molar-refractivity contribution is 6.36. The van der Waals surface area contributed by atoms with Crippen LogP contribution < -0.4 is 21.5 Å². The second kappa shape index (κ2) is 9.40. The number of nitrogens with zero attached hydrogens (tertiary/aromatic N) is 3. The zero-order valence-corrected chi connectivity index (χ0v) is 19.9. The van der Waals surface area contributed by atoms with Crippen LogP contribution in [-0.4, -0.2) is 40.2 Å². The van der Waals surface area contributed by atoms with Crippen molar-refractivity contribution >= 4 is 51.7 Å². The average Bonchev–Trinajstić information content (AvgIpc) is 3.46. The number of nitrogen functional groups attached to an aromatic ring is 1. The van der Waals surface area contributed by atoms with E-state index in [4.69, 9.17) is 33.5 Å². The Labute approximate surface area is 212 Å².